The Morgan fingerprint density at radius 3 is 2.84 bits per heavy atom. The van der Waals surface area contributed by atoms with Crippen molar-refractivity contribution in [3.8, 4) is 0 Å². The van der Waals surface area contributed by atoms with Crippen LogP contribution in [0.15, 0.2) is 17.6 Å². The van der Waals surface area contributed by atoms with Gasteiger partial charge in [-0.3, -0.25) is 4.79 Å². The molecule has 0 saturated carbocycles. The van der Waals surface area contributed by atoms with E-state index in [1.54, 1.807) is 4.57 Å². The first kappa shape index (κ1) is 14.0. The zero-order valence-corrected chi connectivity index (χ0v) is 11.5. The molecule has 19 heavy (non-hydrogen) atoms. The SMILES string of the molecule is CCn1cnc(S(=O)(=O)N2CCCC[C@H]2C(=O)O)c1. The first-order chi connectivity index (χ1) is 8.96. The fraction of sp³-hybridized carbons (Fsp3) is 0.636. The third kappa shape index (κ3) is 2.64. The van der Waals surface area contributed by atoms with Gasteiger partial charge < -0.3 is 9.67 Å². The van der Waals surface area contributed by atoms with Gasteiger partial charge in [0.1, 0.15) is 6.04 Å². The molecule has 1 aliphatic rings. The van der Waals surface area contributed by atoms with Crippen molar-refractivity contribution >= 4 is 16.0 Å². The van der Waals surface area contributed by atoms with Gasteiger partial charge >= 0.3 is 5.97 Å². The summed E-state index contributed by atoms with van der Waals surface area (Å²) in [5.41, 5.74) is 0. The van der Waals surface area contributed by atoms with Gasteiger partial charge in [-0.05, 0) is 26.2 Å². The number of carboxylic acids is 1. The van der Waals surface area contributed by atoms with Gasteiger partial charge in [-0.15, -0.1) is 0 Å². The molecule has 2 rings (SSSR count). The average molecular weight is 287 g/mol. The van der Waals surface area contributed by atoms with Gasteiger partial charge in [0.05, 0.1) is 6.33 Å². The summed E-state index contributed by atoms with van der Waals surface area (Å²) < 4.78 is 27.5. The van der Waals surface area contributed by atoms with Gasteiger partial charge in [-0.25, -0.2) is 13.4 Å². The van der Waals surface area contributed by atoms with Crippen LogP contribution >= 0.6 is 0 Å². The van der Waals surface area contributed by atoms with Crippen LogP contribution < -0.4 is 0 Å². The van der Waals surface area contributed by atoms with Crippen LogP contribution in [0.1, 0.15) is 26.2 Å². The summed E-state index contributed by atoms with van der Waals surface area (Å²) in [5, 5.41) is 9.06. The molecule has 2 heterocycles. The quantitative estimate of drug-likeness (QED) is 0.872. The Morgan fingerprint density at radius 1 is 1.53 bits per heavy atom. The largest absolute Gasteiger partial charge is 0.480 e. The summed E-state index contributed by atoms with van der Waals surface area (Å²) in [7, 11) is -3.82. The molecule has 1 aromatic rings. The molecule has 7 nitrogen and oxygen atoms in total. The predicted molar refractivity (Wildman–Crippen MR) is 67.1 cm³/mol. The average Bonchev–Trinajstić information content (AvgIpc) is 2.88. The summed E-state index contributed by atoms with van der Waals surface area (Å²) in [6.07, 6.45) is 4.63. The third-order valence-electron chi connectivity index (χ3n) is 3.29. The Hall–Kier alpha value is -1.41. The van der Waals surface area contributed by atoms with Crippen molar-refractivity contribution in [2.45, 2.75) is 43.8 Å². The minimum atomic E-state index is -3.82. The van der Waals surface area contributed by atoms with Crippen LogP contribution in [0.3, 0.4) is 0 Å². The number of carbonyl (C=O) groups is 1. The summed E-state index contributed by atoms with van der Waals surface area (Å²) in [6, 6.07) is -0.981. The highest BCUT2D eigenvalue weighted by Crippen LogP contribution is 2.24. The van der Waals surface area contributed by atoms with Gasteiger partial charge in [0, 0.05) is 19.3 Å². The van der Waals surface area contributed by atoms with E-state index in [2.05, 4.69) is 4.98 Å². The Bertz CT molecular complexity index is 566. The molecule has 0 spiro atoms. The van der Waals surface area contributed by atoms with Crippen molar-refractivity contribution in [3.63, 3.8) is 0 Å². The van der Waals surface area contributed by atoms with Crippen molar-refractivity contribution in [2.24, 2.45) is 0 Å². The molecule has 1 atom stereocenters. The lowest BCUT2D eigenvalue weighted by Gasteiger charge is -2.31. The number of aryl methyl sites for hydroxylation is 1. The van der Waals surface area contributed by atoms with Crippen LogP contribution in [0, 0.1) is 0 Å². The van der Waals surface area contributed by atoms with Crippen molar-refractivity contribution < 1.29 is 18.3 Å². The van der Waals surface area contributed by atoms with E-state index in [1.165, 1.54) is 12.5 Å². The predicted octanol–water partition coefficient (Wildman–Crippen LogP) is 0.531. The highest BCUT2D eigenvalue weighted by atomic mass is 32.2. The van der Waals surface area contributed by atoms with Crippen molar-refractivity contribution in [3.05, 3.63) is 12.5 Å². The molecular formula is C11H17N3O4S. The van der Waals surface area contributed by atoms with Crippen molar-refractivity contribution in [2.75, 3.05) is 6.54 Å². The molecule has 1 N–H and O–H groups in total. The second kappa shape index (κ2) is 5.30. The van der Waals surface area contributed by atoms with E-state index in [1.807, 2.05) is 6.92 Å². The zero-order chi connectivity index (χ0) is 14.0. The zero-order valence-electron chi connectivity index (χ0n) is 10.7. The maximum absolute atomic E-state index is 12.4. The molecule has 0 aliphatic carbocycles. The number of nitrogens with zero attached hydrogens (tertiary/aromatic N) is 3. The first-order valence-corrected chi connectivity index (χ1v) is 7.67. The molecule has 0 radical (unpaired) electrons. The van der Waals surface area contributed by atoms with Crippen LogP contribution in [0.25, 0.3) is 0 Å². The smallest absolute Gasteiger partial charge is 0.322 e. The summed E-state index contributed by atoms with van der Waals surface area (Å²) in [4.78, 5) is 15.0. The van der Waals surface area contributed by atoms with Gasteiger partial charge in [0.2, 0.25) is 0 Å². The van der Waals surface area contributed by atoms with Crippen molar-refractivity contribution in [1.82, 2.24) is 13.9 Å². The molecule has 106 valence electrons. The van der Waals surface area contributed by atoms with Gasteiger partial charge in [0.15, 0.2) is 5.03 Å². The topological polar surface area (TPSA) is 92.5 Å². The minimum absolute atomic E-state index is 0.0810. The van der Waals surface area contributed by atoms with E-state index in [4.69, 9.17) is 5.11 Å². The number of sulfonamides is 1. The lowest BCUT2D eigenvalue weighted by molar-refractivity contribution is -0.142. The van der Waals surface area contributed by atoms with Crippen LogP contribution in [-0.2, 0) is 21.4 Å². The molecular weight excluding hydrogens is 270 g/mol. The molecule has 8 heteroatoms. The number of hydrogen-bond donors (Lipinski definition) is 1. The molecule has 1 saturated heterocycles. The van der Waals surface area contributed by atoms with Gasteiger partial charge in [0.25, 0.3) is 10.0 Å². The second-order valence-corrected chi connectivity index (χ2v) is 6.35. The molecule has 0 unspecified atom stereocenters. The summed E-state index contributed by atoms with van der Waals surface area (Å²) in [5.74, 6) is -1.10. The maximum atomic E-state index is 12.4. The van der Waals surface area contributed by atoms with E-state index in [0.29, 0.717) is 19.4 Å². The third-order valence-corrected chi connectivity index (χ3v) is 5.08. The number of piperidine rings is 1. The van der Waals surface area contributed by atoms with E-state index in [9.17, 15) is 13.2 Å². The normalized spacial score (nSPS) is 21.4. The van der Waals surface area contributed by atoms with E-state index < -0.39 is 22.0 Å². The minimum Gasteiger partial charge on any atom is -0.480 e. The van der Waals surface area contributed by atoms with Crippen LogP contribution in [-0.4, -0.2) is 45.9 Å². The Balaban J connectivity index is 2.34. The monoisotopic (exact) mass is 287 g/mol. The molecule has 1 aliphatic heterocycles. The maximum Gasteiger partial charge on any atom is 0.322 e. The molecule has 1 aromatic heterocycles. The molecule has 0 bridgehead atoms. The number of rotatable bonds is 4. The number of carboxylic acid groups (broad SMARTS) is 1. The number of aromatic nitrogens is 2. The number of imidazole rings is 1. The summed E-state index contributed by atoms with van der Waals surface area (Å²) >= 11 is 0. The fourth-order valence-electron chi connectivity index (χ4n) is 2.21. The molecule has 0 aromatic carbocycles. The van der Waals surface area contributed by atoms with Crippen molar-refractivity contribution in [1.29, 1.82) is 0 Å². The van der Waals surface area contributed by atoms with E-state index in [-0.39, 0.29) is 11.6 Å². The molecule has 1 fully saturated rings. The Kier molecular flexibility index (Phi) is 3.91. The van der Waals surface area contributed by atoms with Crippen LogP contribution in [0.5, 0.6) is 0 Å². The first-order valence-electron chi connectivity index (χ1n) is 6.23. The highest BCUT2D eigenvalue weighted by molar-refractivity contribution is 7.89. The highest BCUT2D eigenvalue weighted by Gasteiger charge is 2.38. The Morgan fingerprint density at radius 2 is 2.26 bits per heavy atom. The van der Waals surface area contributed by atoms with Gasteiger partial charge in [-0.2, -0.15) is 4.31 Å². The lowest BCUT2D eigenvalue weighted by atomic mass is 10.1. The summed E-state index contributed by atoms with van der Waals surface area (Å²) in [6.45, 7) is 2.72. The number of hydrogen-bond acceptors (Lipinski definition) is 4. The van der Waals surface area contributed by atoms with Crippen LogP contribution in [0.4, 0.5) is 0 Å². The van der Waals surface area contributed by atoms with Crippen LogP contribution in [0.2, 0.25) is 0 Å². The Labute approximate surface area is 111 Å². The standard InChI is InChI=1S/C11H17N3O4S/c1-2-13-7-10(12-8-13)19(17,18)14-6-4-3-5-9(14)11(15)16/h7-9H,2-6H2,1H3,(H,15,16)/t9-/m0/s1. The van der Waals surface area contributed by atoms with E-state index in [0.717, 1.165) is 10.7 Å². The van der Waals surface area contributed by atoms with Gasteiger partial charge in [-0.1, -0.05) is 0 Å². The fourth-order valence-corrected chi connectivity index (χ4v) is 3.79. The molecule has 0 amide bonds. The van der Waals surface area contributed by atoms with E-state index >= 15 is 0 Å². The lowest BCUT2D eigenvalue weighted by Crippen LogP contribution is -2.47. The number of aliphatic carboxylic acids is 1. The second-order valence-electron chi connectivity index (χ2n) is 4.51.